The van der Waals surface area contributed by atoms with Gasteiger partial charge < -0.3 is 14.2 Å². The number of esters is 1. The average molecular weight is 448 g/mol. The molecule has 1 unspecified atom stereocenters. The number of ether oxygens (including phenoxy) is 3. The Morgan fingerprint density at radius 3 is 2.38 bits per heavy atom. The number of methoxy groups -OCH3 is 2. The standard InChI is InChI=1S/C15H17FN4O7S2/c1-8(21)27-9(7-16)13-10(4-5-28-13)29(23,24)20-15(22)19-14-17-11(25-2)6-12(18-14)26-3/h4-6,9H,7H2,1-3H3,(H2,17,18,19,20,22). The van der Waals surface area contributed by atoms with Crippen molar-refractivity contribution in [3.8, 4) is 11.8 Å². The van der Waals surface area contributed by atoms with E-state index < -0.39 is 39.7 Å². The molecule has 2 heterocycles. The summed E-state index contributed by atoms with van der Waals surface area (Å²) in [5, 5.41) is 3.50. The number of hydrogen-bond donors (Lipinski definition) is 2. The van der Waals surface area contributed by atoms with Gasteiger partial charge in [-0.3, -0.25) is 10.1 Å². The van der Waals surface area contributed by atoms with Crippen molar-refractivity contribution in [1.82, 2.24) is 14.7 Å². The summed E-state index contributed by atoms with van der Waals surface area (Å²) in [6.45, 7) is -0.0647. The molecule has 0 saturated heterocycles. The van der Waals surface area contributed by atoms with Crippen LogP contribution in [0.25, 0.3) is 0 Å². The third-order valence-corrected chi connectivity index (χ3v) is 5.76. The number of carbonyl (C=O) groups is 2. The molecule has 0 saturated carbocycles. The van der Waals surface area contributed by atoms with E-state index in [1.165, 1.54) is 25.7 Å². The van der Waals surface area contributed by atoms with Gasteiger partial charge in [0.1, 0.15) is 11.6 Å². The van der Waals surface area contributed by atoms with Crippen LogP contribution in [0.5, 0.6) is 11.8 Å². The molecule has 0 aliphatic heterocycles. The number of nitrogens with zero attached hydrogens (tertiary/aromatic N) is 2. The molecule has 158 valence electrons. The predicted octanol–water partition coefficient (Wildman–Crippen LogP) is 1.64. The molecule has 0 bridgehead atoms. The molecule has 2 aromatic heterocycles. The second-order valence-corrected chi connectivity index (χ2v) is 7.84. The minimum Gasteiger partial charge on any atom is -0.481 e. The van der Waals surface area contributed by atoms with Crippen LogP contribution >= 0.6 is 11.3 Å². The van der Waals surface area contributed by atoms with Crippen LogP contribution in [0, 0.1) is 0 Å². The first-order chi connectivity index (χ1) is 13.7. The van der Waals surface area contributed by atoms with E-state index in [0.717, 1.165) is 24.3 Å². The number of halogens is 1. The molecular weight excluding hydrogens is 431 g/mol. The fourth-order valence-electron chi connectivity index (χ4n) is 2.09. The SMILES string of the molecule is COc1cc(OC)nc(NC(=O)NS(=O)(=O)c2ccsc2C(CF)OC(C)=O)n1. The lowest BCUT2D eigenvalue weighted by molar-refractivity contribution is -0.147. The predicted molar refractivity (Wildman–Crippen MR) is 99.3 cm³/mol. The topological polar surface area (TPSA) is 146 Å². The summed E-state index contributed by atoms with van der Waals surface area (Å²) in [6.07, 6.45) is -1.41. The second-order valence-electron chi connectivity index (χ2n) is 5.24. The summed E-state index contributed by atoms with van der Waals surface area (Å²) in [4.78, 5) is 30.5. The summed E-state index contributed by atoms with van der Waals surface area (Å²) in [5.41, 5.74) is 0. The van der Waals surface area contributed by atoms with Crippen LogP contribution in [-0.2, 0) is 19.6 Å². The number of amides is 2. The molecule has 11 nitrogen and oxygen atoms in total. The zero-order valence-corrected chi connectivity index (χ0v) is 17.1. The minimum atomic E-state index is -4.42. The van der Waals surface area contributed by atoms with Crippen molar-refractivity contribution in [2.45, 2.75) is 17.9 Å². The van der Waals surface area contributed by atoms with Crippen LogP contribution in [0.1, 0.15) is 17.9 Å². The minimum absolute atomic E-state index is 0.0673. The van der Waals surface area contributed by atoms with Crippen molar-refractivity contribution < 1.29 is 36.6 Å². The molecule has 14 heteroatoms. The van der Waals surface area contributed by atoms with Crippen LogP contribution in [0.4, 0.5) is 15.1 Å². The van der Waals surface area contributed by atoms with Gasteiger partial charge in [-0.05, 0) is 11.4 Å². The molecular formula is C15H17FN4O7S2. The highest BCUT2D eigenvalue weighted by molar-refractivity contribution is 7.90. The van der Waals surface area contributed by atoms with Crippen molar-refractivity contribution in [3.63, 3.8) is 0 Å². The van der Waals surface area contributed by atoms with E-state index in [4.69, 9.17) is 14.2 Å². The monoisotopic (exact) mass is 448 g/mol. The third-order valence-electron chi connectivity index (χ3n) is 3.24. The van der Waals surface area contributed by atoms with Crippen LogP contribution < -0.4 is 19.5 Å². The maximum absolute atomic E-state index is 13.2. The first-order valence-electron chi connectivity index (χ1n) is 7.81. The smallest absolute Gasteiger partial charge is 0.335 e. The van der Waals surface area contributed by atoms with Crippen LogP contribution in [0.2, 0.25) is 0 Å². The molecule has 2 rings (SSSR count). The van der Waals surface area contributed by atoms with Gasteiger partial charge in [0.05, 0.1) is 25.2 Å². The molecule has 0 fully saturated rings. The summed E-state index contributed by atoms with van der Waals surface area (Å²) < 4.78 is 54.7. The number of urea groups is 1. The molecule has 2 N–H and O–H groups in total. The second kappa shape index (κ2) is 9.47. The lowest BCUT2D eigenvalue weighted by atomic mass is 10.3. The fraction of sp³-hybridized carbons (Fsp3) is 0.333. The number of alkyl halides is 1. The Bertz CT molecular complexity index is 974. The Balaban J connectivity index is 2.21. The van der Waals surface area contributed by atoms with Gasteiger partial charge >= 0.3 is 12.0 Å². The summed E-state index contributed by atoms with van der Waals surface area (Å²) in [7, 11) is -1.75. The van der Waals surface area contributed by atoms with Gasteiger partial charge in [-0.2, -0.15) is 9.97 Å². The molecule has 2 aromatic rings. The molecule has 1 atom stereocenters. The number of aromatic nitrogens is 2. The lowest BCUT2D eigenvalue weighted by Gasteiger charge is -2.14. The Morgan fingerprint density at radius 1 is 1.24 bits per heavy atom. The van der Waals surface area contributed by atoms with Crippen molar-refractivity contribution in [2.75, 3.05) is 26.2 Å². The first-order valence-corrected chi connectivity index (χ1v) is 10.2. The van der Waals surface area contributed by atoms with Crippen molar-refractivity contribution in [2.24, 2.45) is 0 Å². The van der Waals surface area contributed by atoms with E-state index in [0.29, 0.717) is 0 Å². The average Bonchev–Trinajstić information content (AvgIpc) is 3.15. The summed E-state index contributed by atoms with van der Waals surface area (Å²) in [5.74, 6) is -0.912. The van der Waals surface area contributed by atoms with Crippen molar-refractivity contribution in [3.05, 3.63) is 22.4 Å². The molecule has 0 spiro atoms. The van der Waals surface area contributed by atoms with Gasteiger partial charge in [-0.15, -0.1) is 11.3 Å². The van der Waals surface area contributed by atoms with E-state index >= 15 is 0 Å². The zero-order valence-electron chi connectivity index (χ0n) is 15.5. The highest BCUT2D eigenvalue weighted by Crippen LogP contribution is 2.31. The van der Waals surface area contributed by atoms with Crippen molar-refractivity contribution >= 4 is 39.3 Å². The zero-order chi connectivity index (χ0) is 21.6. The number of sulfonamides is 1. The number of anilines is 1. The highest BCUT2D eigenvalue weighted by atomic mass is 32.2. The van der Waals surface area contributed by atoms with E-state index in [1.807, 2.05) is 0 Å². The summed E-state index contributed by atoms with van der Waals surface area (Å²) >= 11 is 0.866. The van der Waals surface area contributed by atoms with Crippen molar-refractivity contribution in [1.29, 1.82) is 0 Å². The Kier molecular flexibility index (Phi) is 7.28. The molecule has 2 amide bonds. The Morgan fingerprint density at radius 2 is 1.86 bits per heavy atom. The van der Waals surface area contributed by atoms with E-state index in [9.17, 15) is 22.4 Å². The van der Waals surface area contributed by atoms with Gasteiger partial charge in [0.25, 0.3) is 10.0 Å². The lowest BCUT2D eigenvalue weighted by Crippen LogP contribution is -2.35. The fourth-order valence-corrected chi connectivity index (χ4v) is 4.50. The maximum Gasteiger partial charge on any atom is 0.335 e. The quantitative estimate of drug-likeness (QED) is 0.575. The summed E-state index contributed by atoms with van der Waals surface area (Å²) in [6, 6.07) is 1.33. The largest absolute Gasteiger partial charge is 0.481 e. The molecule has 0 aliphatic carbocycles. The number of thiophene rings is 1. The molecule has 29 heavy (non-hydrogen) atoms. The van der Waals surface area contributed by atoms with Gasteiger partial charge in [-0.1, -0.05) is 0 Å². The third kappa shape index (κ3) is 5.74. The molecule has 0 aliphatic rings. The first kappa shape index (κ1) is 22.3. The highest BCUT2D eigenvalue weighted by Gasteiger charge is 2.28. The van der Waals surface area contributed by atoms with Gasteiger partial charge in [-0.25, -0.2) is 22.3 Å². The Labute approximate surface area is 169 Å². The molecule has 0 radical (unpaired) electrons. The van der Waals surface area contributed by atoms with Gasteiger partial charge in [0.2, 0.25) is 17.7 Å². The van der Waals surface area contributed by atoms with Gasteiger partial charge in [0.15, 0.2) is 6.10 Å². The van der Waals surface area contributed by atoms with Crippen LogP contribution in [0.3, 0.4) is 0 Å². The van der Waals surface area contributed by atoms with Gasteiger partial charge in [0, 0.05) is 6.92 Å². The Hall–Kier alpha value is -3.00. The molecule has 0 aromatic carbocycles. The van der Waals surface area contributed by atoms with E-state index in [-0.39, 0.29) is 22.6 Å². The number of hydrogen-bond acceptors (Lipinski definition) is 10. The normalized spacial score (nSPS) is 12.0. The number of carbonyl (C=O) groups excluding carboxylic acids is 2. The van der Waals surface area contributed by atoms with E-state index in [1.54, 1.807) is 4.72 Å². The van der Waals surface area contributed by atoms with Crippen LogP contribution in [-0.4, -0.2) is 51.3 Å². The van der Waals surface area contributed by atoms with E-state index in [2.05, 4.69) is 15.3 Å². The maximum atomic E-state index is 13.2. The van der Waals surface area contributed by atoms with Crippen LogP contribution in [0.15, 0.2) is 22.4 Å². The number of rotatable bonds is 8. The number of nitrogens with one attached hydrogen (secondary N) is 2.